The normalized spacial score (nSPS) is 33.4. The average molecular weight is 261 g/mol. The molecule has 104 valence electrons. The number of benzene rings is 1. The highest BCUT2D eigenvalue weighted by atomic mass is 16.5. The molecule has 0 radical (unpaired) electrons. The number of aliphatic hydroxyl groups is 1. The van der Waals surface area contributed by atoms with Crippen molar-refractivity contribution in [3.8, 4) is 0 Å². The van der Waals surface area contributed by atoms with Gasteiger partial charge in [-0.1, -0.05) is 32.0 Å². The summed E-state index contributed by atoms with van der Waals surface area (Å²) in [6.07, 6.45) is 1.09. The second-order valence-corrected chi connectivity index (χ2v) is 6.45. The Hall–Kier alpha value is -1.06. The Labute approximate surface area is 115 Å². The second-order valence-electron chi connectivity index (χ2n) is 6.45. The molecule has 1 heterocycles. The molecule has 0 spiro atoms. The molecule has 4 unspecified atom stereocenters. The van der Waals surface area contributed by atoms with Crippen LogP contribution in [-0.2, 0) is 4.74 Å². The Morgan fingerprint density at radius 1 is 1.37 bits per heavy atom. The van der Waals surface area contributed by atoms with Crippen LogP contribution in [0.4, 0.5) is 5.69 Å². The van der Waals surface area contributed by atoms with Crippen LogP contribution >= 0.6 is 0 Å². The van der Waals surface area contributed by atoms with E-state index in [2.05, 4.69) is 25.2 Å². The first-order valence-corrected chi connectivity index (χ1v) is 7.17. The summed E-state index contributed by atoms with van der Waals surface area (Å²) in [7, 11) is 0. The molecule has 0 aromatic heterocycles. The van der Waals surface area contributed by atoms with E-state index >= 15 is 0 Å². The lowest BCUT2D eigenvalue weighted by molar-refractivity contribution is -0.0923. The first-order valence-electron chi connectivity index (χ1n) is 7.17. The molecule has 2 aliphatic rings. The van der Waals surface area contributed by atoms with E-state index in [4.69, 9.17) is 4.74 Å². The molecular formula is C16H23NO2. The molecule has 0 bridgehead atoms. The SMILES string of the molecule is CC(O)c1ccccc1NC1C2CCOC2C1(C)C. The van der Waals surface area contributed by atoms with Crippen LogP contribution in [0.15, 0.2) is 24.3 Å². The fourth-order valence-electron chi connectivity index (χ4n) is 3.78. The standard InChI is InChI=1S/C16H23NO2/c1-10(18)11-6-4-5-7-13(11)17-14-12-8-9-19-15(12)16(14,2)3/h4-7,10,12,14-15,17-18H,8-9H2,1-3H3. The molecule has 1 aromatic carbocycles. The van der Waals surface area contributed by atoms with Crippen LogP contribution in [0.3, 0.4) is 0 Å². The Morgan fingerprint density at radius 2 is 2.11 bits per heavy atom. The third-order valence-electron chi connectivity index (χ3n) is 4.82. The van der Waals surface area contributed by atoms with Crippen molar-refractivity contribution < 1.29 is 9.84 Å². The highest BCUT2D eigenvalue weighted by Crippen LogP contribution is 2.53. The van der Waals surface area contributed by atoms with Gasteiger partial charge in [0.1, 0.15) is 0 Å². The first-order chi connectivity index (χ1) is 9.01. The number of ether oxygens (including phenoxy) is 1. The fraction of sp³-hybridized carbons (Fsp3) is 0.625. The van der Waals surface area contributed by atoms with Gasteiger partial charge < -0.3 is 15.2 Å². The lowest BCUT2D eigenvalue weighted by Crippen LogP contribution is -2.63. The van der Waals surface area contributed by atoms with Gasteiger partial charge in [-0.25, -0.2) is 0 Å². The summed E-state index contributed by atoms with van der Waals surface area (Å²) in [6, 6.07) is 8.46. The third-order valence-corrected chi connectivity index (χ3v) is 4.82. The molecule has 2 fully saturated rings. The van der Waals surface area contributed by atoms with Gasteiger partial charge in [-0.2, -0.15) is 0 Å². The number of fused-ring (bicyclic) bond motifs is 1. The van der Waals surface area contributed by atoms with Crippen LogP contribution in [0.2, 0.25) is 0 Å². The van der Waals surface area contributed by atoms with Gasteiger partial charge in [0, 0.05) is 35.2 Å². The van der Waals surface area contributed by atoms with E-state index < -0.39 is 6.10 Å². The van der Waals surface area contributed by atoms with E-state index in [-0.39, 0.29) is 5.41 Å². The number of hydrogen-bond acceptors (Lipinski definition) is 3. The largest absolute Gasteiger partial charge is 0.389 e. The zero-order valence-electron chi connectivity index (χ0n) is 11.9. The highest BCUT2D eigenvalue weighted by Gasteiger charge is 2.59. The zero-order valence-corrected chi connectivity index (χ0v) is 11.9. The molecule has 4 atom stereocenters. The topological polar surface area (TPSA) is 41.5 Å². The van der Waals surface area contributed by atoms with Gasteiger partial charge in [0.15, 0.2) is 0 Å². The van der Waals surface area contributed by atoms with Crippen molar-refractivity contribution in [2.75, 3.05) is 11.9 Å². The molecule has 3 rings (SSSR count). The fourth-order valence-corrected chi connectivity index (χ4v) is 3.78. The van der Waals surface area contributed by atoms with Crippen LogP contribution in [-0.4, -0.2) is 23.9 Å². The van der Waals surface area contributed by atoms with E-state index in [1.807, 2.05) is 25.1 Å². The van der Waals surface area contributed by atoms with Gasteiger partial charge in [-0.15, -0.1) is 0 Å². The van der Waals surface area contributed by atoms with Crippen LogP contribution in [0, 0.1) is 11.3 Å². The number of anilines is 1. The van der Waals surface area contributed by atoms with E-state index in [1.165, 1.54) is 0 Å². The minimum absolute atomic E-state index is 0.160. The molecule has 19 heavy (non-hydrogen) atoms. The summed E-state index contributed by atoms with van der Waals surface area (Å²) in [5.41, 5.74) is 2.19. The van der Waals surface area contributed by atoms with E-state index in [0.29, 0.717) is 18.1 Å². The summed E-state index contributed by atoms with van der Waals surface area (Å²) >= 11 is 0. The van der Waals surface area contributed by atoms with Gasteiger partial charge in [-0.05, 0) is 19.4 Å². The van der Waals surface area contributed by atoms with Gasteiger partial charge in [0.05, 0.1) is 12.2 Å². The van der Waals surface area contributed by atoms with Crippen LogP contribution in [0.25, 0.3) is 0 Å². The van der Waals surface area contributed by atoms with Crippen molar-refractivity contribution in [3.05, 3.63) is 29.8 Å². The Bertz CT molecular complexity index is 470. The number of hydrogen-bond donors (Lipinski definition) is 2. The number of nitrogens with one attached hydrogen (secondary N) is 1. The van der Waals surface area contributed by atoms with Crippen molar-refractivity contribution in [3.63, 3.8) is 0 Å². The van der Waals surface area contributed by atoms with E-state index in [0.717, 1.165) is 24.3 Å². The van der Waals surface area contributed by atoms with Crippen molar-refractivity contribution in [2.45, 2.75) is 45.4 Å². The monoisotopic (exact) mass is 261 g/mol. The minimum atomic E-state index is -0.442. The van der Waals surface area contributed by atoms with E-state index in [9.17, 15) is 5.11 Å². The second kappa shape index (κ2) is 4.50. The number of rotatable bonds is 3. The van der Waals surface area contributed by atoms with Crippen LogP contribution in [0.1, 0.15) is 38.9 Å². The number of aliphatic hydroxyl groups excluding tert-OH is 1. The van der Waals surface area contributed by atoms with Crippen molar-refractivity contribution in [1.82, 2.24) is 0 Å². The Morgan fingerprint density at radius 3 is 2.84 bits per heavy atom. The number of para-hydroxylation sites is 1. The molecule has 2 N–H and O–H groups in total. The highest BCUT2D eigenvalue weighted by molar-refractivity contribution is 5.54. The lowest BCUT2D eigenvalue weighted by Gasteiger charge is -2.55. The van der Waals surface area contributed by atoms with Crippen LogP contribution in [0.5, 0.6) is 0 Å². The van der Waals surface area contributed by atoms with Gasteiger partial charge in [0.25, 0.3) is 0 Å². The molecule has 0 amide bonds. The predicted molar refractivity (Wildman–Crippen MR) is 76.1 cm³/mol. The molecule has 1 saturated heterocycles. The Kier molecular flexibility index (Phi) is 3.06. The molecule has 3 nitrogen and oxygen atoms in total. The first kappa shape index (κ1) is 12.9. The summed E-state index contributed by atoms with van der Waals surface area (Å²) in [6.45, 7) is 7.23. The zero-order chi connectivity index (χ0) is 13.6. The molecular weight excluding hydrogens is 238 g/mol. The predicted octanol–water partition coefficient (Wildman–Crippen LogP) is 2.97. The van der Waals surface area contributed by atoms with Crippen LogP contribution < -0.4 is 5.32 Å². The maximum atomic E-state index is 9.86. The Balaban J connectivity index is 1.82. The maximum absolute atomic E-state index is 9.86. The van der Waals surface area contributed by atoms with Crippen molar-refractivity contribution in [1.29, 1.82) is 0 Å². The third kappa shape index (κ3) is 1.96. The molecule has 1 aliphatic heterocycles. The molecule has 1 aromatic rings. The molecule has 3 heteroatoms. The van der Waals surface area contributed by atoms with Gasteiger partial charge in [0.2, 0.25) is 0 Å². The smallest absolute Gasteiger partial charge is 0.0781 e. The van der Waals surface area contributed by atoms with Gasteiger partial charge in [-0.3, -0.25) is 0 Å². The van der Waals surface area contributed by atoms with Crippen molar-refractivity contribution >= 4 is 5.69 Å². The maximum Gasteiger partial charge on any atom is 0.0781 e. The van der Waals surface area contributed by atoms with Crippen molar-refractivity contribution in [2.24, 2.45) is 11.3 Å². The lowest BCUT2D eigenvalue weighted by atomic mass is 9.57. The molecule has 1 aliphatic carbocycles. The minimum Gasteiger partial charge on any atom is -0.389 e. The quantitative estimate of drug-likeness (QED) is 0.879. The molecule has 1 saturated carbocycles. The average Bonchev–Trinajstić information content (AvgIpc) is 2.83. The summed E-state index contributed by atoms with van der Waals surface area (Å²) < 4.78 is 5.82. The summed E-state index contributed by atoms with van der Waals surface area (Å²) in [4.78, 5) is 0. The van der Waals surface area contributed by atoms with Gasteiger partial charge >= 0.3 is 0 Å². The summed E-state index contributed by atoms with van der Waals surface area (Å²) in [5.74, 6) is 0.608. The van der Waals surface area contributed by atoms with E-state index in [1.54, 1.807) is 0 Å². The summed E-state index contributed by atoms with van der Waals surface area (Å²) in [5, 5.41) is 13.5.